The maximum atomic E-state index is 12.5. The van der Waals surface area contributed by atoms with Crippen LogP contribution in [0, 0.1) is 6.92 Å². The number of fused-ring (bicyclic) bond motifs is 1. The highest BCUT2D eigenvalue weighted by atomic mass is 32.1. The fraction of sp³-hybridized carbons (Fsp3) is 0.105. The summed E-state index contributed by atoms with van der Waals surface area (Å²) in [5.74, 6) is 2.68. The summed E-state index contributed by atoms with van der Waals surface area (Å²) in [7, 11) is 0. The van der Waals surface area contributed by atoms with E-state index in [0.29, 0.717) is 27.7 Å². The van der Waals surface area contributed by atoms with Crippen LogP contribution in [0.2, 0.25) is 0 Å². The number of furan rings is 1. The first-order valence-electron chi connectivity index (χ1n) is 7.96. The Morgan fingerprint density at radius 1 is 1.27 bits per heavy atom. The van der Waals surface area contributed by atoms with Crippen molar-refractivity contribution in [3.63, 3.8) is 0 Å². The Balaban J connectivity index is 1.68. The molecule has 0 fully saturated rings. The first-order valence-corrected chi connectivity index (χ1v) is 8.77. The van der Waals surface area contributed by atoms with Crippen molar-refractivity contribution in [2.75, 3.05) is 6.61 Å². The molecule has 3 heterocycles. The number of hydrogen-bond acceptors (Lipinski definition) is 6. The molecule has 0 unspecified atom stereocenters. The Bertz CT molecular complexity index is 1190. The predicted molar refractivity (Wildman–Crippen MR) is 100 cm³/mol. The third-order valence-electron chi connectivity index (χ3n) is 3.70. The first-order chi connectivity index (χ1) is 12.6. The van der Waals surface area contributed by atoms with Crippen LogP contribution in [0.25, 0.3) is 22.4 Å². The lowest BCUT2D eigenvalue weighted by Crippen LogP contribution is -2.23. The zero-order valence-corrected chi connectivity index (χ0v) is 14.8. The highest BCUT2D eigenvalue weighted by Gasteiger charge is 2.12. The van der Waals surface area contributed by atoms with Crippen molar-refractivity contribution in [3.8, 4) is 17.1 Å². The average molecular weight is 365 g/mol. The van der Waals surface area contributed by atoms with Crippen molar-refractivity contribution >= 4 is 22.4 Å². The van der Waals surface area contributed by atoms with Crippen LogP contribution in [-0.2, 0) is 0 Å². The van der Waals surface area contributed by atoms with Gasteiger partial charge in [0.25, 0.3) is 5.56 Å². The van der Waals surface area contributed by atoms with Crippen molar-refractivity contribution in [3.05, 3.63) is 75.5 Å². The Hall–Kier alpha value is -3.19. The van der Waals surface area contributed by atoms with Gasteiger partial charge in [0.15, 0.2) is 5.82 Å². The SMILES string of the molecule is C=CCOc1ccc(-c2nc3sc(=Cc4ccc(C)o4)c(=O)n3n2)cc1. The monoisotopic (exact) mass is 365 g/mol. The summed E-state index contributed by atoms with van der Waals surface area (Å²) in [6.45, 7) is 5.93. The molecule has 4 aromatic rings. The smallest absolute Gasteiger partial charge is 0.291 e. The van der Waals surface area contributed by atoms with Crippen LogP contribution in [0.4, 0.5) is 0 Å². The van der Waals surface area contributed by atoms with E-state index in [0.717, 1.165) is 17.1 Å². The number of benzene rings is 1. The number of ether oxygens (including phenoxy) is 1. The van der Waals surface area contributed by atoms with E-state index in [9.17, 15) is 4.79 Å². The Morgan fingerprint density at radius 3 is 2.73 bits per heavy atom. The van der Waals surface area contributed by atoms with Gasteiger partial charge in [-0.2, -0.15) is 9.50 Å². The maximum Gasteiger partial charge on any atom is 0.291 e. The molecule has 4 rings (SSSR count). The minimum absolute atomic E-state index is 0.205. The lowest BCUT2D eigenvalue weighted by molar-refractivity contribution is 0.363. The highest BCUT2D eigenvalue weighted by Crippen LogP contribution is 2.20. The van der Waals surface area contributed by atoms with Gasteiger partial charge in [-0.3, -0.25) is 4.79 Å². The van der Waals surface area contributed by atoms with Crippen LogP contribution in [0.1, 0.15) is 11.5 Å². The van der Waals surface area contributed by atoms with E-state index in [1.54, 1.807) is 12.2 Å². The minimum Gasteiger partial charge on any atom is -0.490 e. The lowest BCUT2D eigenvalue weighted by atomic mass is 10.2. The molecular weight excluding hydrogens is 350 g/mol. The predicted octanol–water partition coefficient (Wildman–Crippen LogP) is 2.83. The standard InChI is InChI=1S/C19H15N3O3S/c1-3-10-24-14-8-5-13(6-9-14)17-20-19-22(21-17)18(23)16(26-19)11-15-7-4-12(2)25-15/h3-9,11H,1,10H2,2H3. The topological polar surface area (TPSA) is 69.6 Å². The molecule has 0 aliphatic carbocycles. The molecule has 6 nitrogen and oxygen atoms in total. The van der Waals surface area contributed by atoms with Gasteiger partial charge in [-0.1, -0.05) is 24.0 Å². The van der Waals surface area contributed by atoms with Crippen LogP contribution in [0.5, 0.6) is 5.75 Å². The summed E-state index contributed by atoms with van der Waals surface area (Å²) in [5.41, 5.74) is 0.613. The molecule has 0 bridgehead atoms. The van der Waals surface area contributed by atoms with Gasteiger partial charge in [-0.05, 0) is 43.3 Å². The molecule has 26 heavy (non-hydrogen) atoms. The molecule has 0 saturated heterocycles. The van der Waals surface area contributed by atoms with E-state index in [-0.39, 0.29) is 5.56 Å². The van der Waals surface area contributed by atoms with E-state index < -0.39 is 0 Å². The number of aryl methyl sites for hydroxylation is 1. The fourth-order valence-corrected chi connectivity index (χ4v) is 3.36. The second-order valence-corrected chi connectivity index (χ2v) is 6.63. The van der Waals surface area contributed by atoms with E-state index in [1.165, 1.54) is 15.9 Å². The summed E-state index contributed by atoms with van der Waals surface area (Å²) in [4.78, 5) is 17.5. The average Bonchev–Trinajstić information content (AvgIpc) is 3.32. The first kappa shape index (κ1) is 16.3. The number of thiazole rings is 1. The molecule has 0 radical (unpaired) electrons. The second kappa shape index (κ2) is 6.61. The van der Waals surface area contributed by atoms with Crippen LogP contribution in [-0.4, -0.2) is 21.2 Å². The van der Waals surface area contributed by atoms with Crippen LogP contribution in [0.3, 0.4) is 0 Å². The van der Waals surface area contributed by atoms with Gasteiger partial charge < -0.3 is 9.15 Å². The quantitative estimate of drug-likeness (QED) is 0.509. The number of rotatable bonds is 5. The summed E-state index contributed by atoms with van der Waals surface area (Å²) < 4.78 is 12.8. The van der Waals surface area contributed by atoms with Gasteiger partial charge in [0, 0.05) is 11.6 Å². The second-order valence-electron chi connectivity index (χ2n) is 5.62. The van der Waals surface area contributed by atoms with Crippen molar-refractivity contribution in [1.29, 1.82) is 0 Å². The van der Waals surface area contributed by atoms with Crippen molar-refractivity contribution in [2.45, 2.75) is 6.92 Å². The number of hydrogen-bond donors (Lipinski definition) is 0. The molecule has 0 aliphatic rings. The van der Waals surface area contributed by atoms with Crippen molar-refractivity contribution in [1.82, 2.24) is 14.6 Å². The minimum atomic E-state index is -0.205. The Labute approximate surface area is 152 Å². The fourth-order valence-electron chi connectivity index (χ4n) is 2.47. The largest absolute Gasteiger partial charge is 0.490 e. The summed E-state index contributed by atoms with van der Waals surface area (Å²) in [6.07, 6.45) is 3.40. The van der Waals surface area contributed by atoms with Crippen LogP contribution >= 0.6 is 11.3 Å². The van der Waals surface area contributed by atoms with Gasteiger partial charge in [-0.25, -0.2) is 0 Å². The van der Waals surface area contributed by atoms with Gasteiger partial charge in [0.2, 0.25) is 4.96 Å². The molecule has 0 saturated carbocycles. The summed E-state index contributed by atoms with van der Waals surface area (Å²) >= 11 is 1.28. The molecule has 0 spiro atoms. The molecular formula is C19H15N3O3S. The molecule has 7 heteroatoms. The third kappa shape index (κ3) is 3.04. The molecule has 1 aromatic carbocycles. The zero-order valence-electron chi connectivity index (χ0n) is 14.0. The van der Waals surface area contributed by atoms with Gasteiger partial charge >= 0.3 is 0 Å². The van der Waals surface area contributed by atoms with E-state index in [1.807, 2.05) is 43.3 Å². The lowest BCUT2D eigenvalue weighted by Gasteiger charge is -2.02. The van der Waals surface area contributed by atoms with Crippen molar-refractivity contribution in [2.24, 2.45) is 0 Å². The molecule has 130 valence electrons. The van der Waals surface area contributed by atoms with E-state index in [2.05, 4.69) is 16.7 Å². The summed E-state index contributed by atoms with van der Waals surface area (Å²) in [6, 6.07) is 11.1. The van der Waals surface area contributed by atoms with Gasteiger partial charge in [0.05, 0.1) is 0 Å². The Morgan fingerprint density at radius 2 is 2.08 bits per heavy atom. The zero-order chi connectivity index (χ0) is 18.1. The summed E-state index contributed by atoms with van der Waals surface area (Å²) in [5, 5.41) is 4.34. The van der Waals surface area contributed by atoms with Gasteiger partial charge in [0.1, 0.15) is 28.4 Å². The Kier molecular flexibility index (Phi) is 4.14. The van der Waals surface area contributed by atoms with E-state index in [4.69, 9.17) is 9.15 Å². The normalized spacial score (nSPS) is 12.0. The molecule has 0 atom stereocenters. The molecule has 3 aromatic heterocycles. The highest BCUT2D eigenvalue weighted by molar-refractivity contribution is 7.15. The van der Waals surface area contributed by atoms with E-state index >= 15 is 0 Å². The third-order valence-corrected chi connectivity index (χ3v) is 4.66. The van der Waals surface area contributed by atoms with Crippen molar-refractivity contribution < 1.29 is 9.15 Å². The molecule has 0 N–H and O–H groups in total. The molecule has 0 amide bonds. The van der Waals surface area contributed by atoms with Crippen LogP contribution < -0.4 is 14.8 Å². The number of aromatic nitrogens is 3. The maximum absolute atomic E-state index is 12.5. The molecule has 0 aliphatic heterocycles. The van der Waals surface area contributed by atoms with Crippen LogP contribution in [0.15, 0.2) is 58.3 Å². The number of nitrogens with zero attached hydrogens (tertiary/aromatic N) is 3. The van der Waals surface area contributed by atoms with Gasteiger partial charge in [-0.15, -0.1) is 5.10 Å².